The van der Waals surface area contributed by atoms with E-state index in [0.29, 0.717) is 27.8 Å². The van der Waals surface area contributed by atoms with Gasteiger partial charge in [0, 0.05) is 10.5 Å². The monoisotopic (exact) mass is 352 g/mol. The summed E-state index contributed by atoms with van der Waals surface area (Å²) >= 11 is 7.49. The number of ketones is 1. The number of rotatable bonds is 7. The molecule has 0 heterocycles. The van der Waals surface area contributed by atoms with Crippen molar-refractivity contribution >= 4 is 29.1 Å². The van der Waals surface area contributed by atoms with E-state index in [1.807, 2.05) is 18.2 Å². The number of hydrogen-bond acceptors (Lipinski definition) is 5. The minimum absolute atomic E-state index is 0.0471. The maximum absolute atomic E-state index is 12.4. The van der Waals surface area contributed by atoms with Crippen molar-refractivity contribution in [1.29, 1.82) is 0 Å². The zero-order valence-electron chi connectivity index (χ0n) is 13.1. The van der Waals surface area contributed by atoms with Crippen molar-refractivity contribution in [2.45, 2.75) is 4.90 Å². The molecule has 6 heteroatoms. The van der Waals surface area contributed by atoms with Gasteiger partial charge in [0.2, 0.25) is 5.75 Å². The molecule has 122 valence electrons. The van der Waals surface area contributed by atoms with Crippen molar-refractivity contribution in [3.8, 4) is 17.2 Å². The molecule has 0 aliphatic carbocycles. The topological polar surface area (TPSA) is 44.8 Å². The molecule has 0 atom stereocenters. The van der Waals surface area contributed by atoms with Crippen LogP contribution in [0.4, 0.5) is 0 Å². The minimum atomic E-state index is -0.0471. The van der Waals surface area contributed by atoms with Crippen LogP contribution in [-0.4, -0.2) is 32.9 Å². The van der Waals surface area contributed by atoms with Gasteiger partial charge in [-0.2, -0.15) is 0 Å². The molecule has 0 saturated carbocycles. The van der Waals surface area contributed by atoms with E-state index < -0.39 is 0 Å². The molecule has 0 aliphatic heterocycles. The summed E-state index contributed by atoms with van der Waals surface area (Å²) in [4.78, 5) is 13.3. The van der Waals surface area contributed by atoms with E-state index in [0.717, 1.165) is 4.90 Å². The lowest BCUT2D eigenvalue weighted by Gasteiger charge is -2.13. The second kappa shape index (κ2) is 8.13. The molecule has 0 aromatic heterocycles. The highest BCUT2D eigenvalue weighted by atomic mass is 35.5. The summed E-state index contributed by atoms with van der Waals surface area (Å²) in [7, 11) is 4.56. The molecule has 0 fully saturated rings. The van der Waals surface area contributed by atoms with Crippen LogP contribution in [0.25, 0.3) is 0 Å². The Morgan fingerprint density at radius 1 is 1.04 bits per heavy atom. The molecule has 4 nitrogen and oxygen atoms in total. The van der Waals surface area contributed by atoms with E-state index in [1.54, 1.807) is 18.2 Å². The number of thioether (sulfide) groups is 1. The number of carbonyl (C=O) groups is 1. The van der Waals surface area contributed by atoms with Gasteiger partial charge in [0.05, 0.1) is 32.1 Å². The van der Waals surface area contributed by atoms with Gasteiger partial charge in [0.15, 0.2) is 17.3 Å². The molecule has 0 unspecified atom stereocenters. The Balaban J connectivity index is 2.20. The fourth-order valence-corrected chi connectivity index (χ4v) is 3.16. The minimum Gasteiger partial charge on any atom is -0.493 e. The summed E-state index contributed by atoms with van der Waals surface area (Å²) in [6.07, 6.45) is 0. The molecule has 0 N–H and O–H groups in total. The third-order valence-electron chi connectivity index (χ3n) is 3.18. The van der Waals surface area contributed by atoms with Crippen molar-refractivity contribution in [2.75, 3.05) is 27.1 Å². The predicted molar refractivity (Wildman–Crippen MR) is 92.6 cm³/mol. The highest BCUT2D eigenvalue weighted by molar-refractivity contribution is 8.00. The molecule has 2 aromatic carbocycles. The van der Waals surface area contributed by atoms with Crippen molar-refractivity contribution < 1.29 is 19.0 Å². The van der Waals surface area contributed by atoms with Gasteiger partial charge in [-0.15, -0.1) is 11.8 Å². The van der Waals surface area contributed by atoms with Crippen molar-refractivity contribution in [3.63, 3.8) is 0 Å². The number of hydrogen-bond donors (Lipinski definition) is 0. The SMILES string of the molecule is COc1cc(C(=O)CSc2ccccc2Cl)cc(OC)c1OC. The van der Waals surface area contributed by atoms with Crippen LogP contribution in [0.2, 0.25) is 5.02 Å². The van der Waals surface area contributed by atoms with E-state index >= 15 is 0 Å². The average molecular weight is 353 g/mol. The summed E-state index contributed by atoms with van der Waals surface area (Å²) in [5, 5.41) is 0.634. The predicted octanol–water partition coefficient (Wildman–Crippen LogP) is 4.34. The molecule has 0 amide bonds. The van der Waals surface area contributed by atoms with Gasteiger partial charge < -0.3 is 14.2 Å². The molecular formula is C17H17ClO4S. The third-order valence-corrected chi connectivity index (χ3v) is 4.70. The summed E-state index contributed by atoms with van der Waals surface area (Å²) in [5.74, 6) is 1.60. The second-order valence-electron chi connectivity index (χ2n) is 4.56. The Morgan fingerprint density at radius 2 is 1.65 bits per heavy atom. The number of benzene rings is 2. The van der Waals surface area contributed by atoms with E-state index in [4.69, 9.17) is 25.8 Å². The normalized spacial score (nSPS) is 10.3. The first-order chi connectivity index (χ1) is 11.1. The molecule has 0 bridgehead atoms. The van der Waals surface area contributed by atoms with Crippen LogP contribution in [-0.2, 0) is 0 Å². The van der Waals surface area contributed by atoms with Gasteiger partial charge in [-0.3, -0.25) is 4.79 Å². The fourth-order valence-electron chi connectivity index (χ4n) is 2.03. The van der Waals surface area contributed by atoms with Crippen LogP contribution in [0, 0.1) is 0 Å². The largest absolute Gasteiger partial charge is 0.493 e. The van der Waals surface area contributed by atoms with E-state index in [9.17, 15) is 4.79 Å². The lowest BCUT2D eigenvalue weighted by atomic mass is 10.1. The van der Waals surface area contributed by atoms with Crippen molar-refractivity contribution in [3.05, 3.63) is 47.0 Å². The van der Waals surface area contributed by atoms with Crippen LogP contribution in [0.3, 0.4) is 0 Å². The zero-order chi connectivity index (χ0) is 16.8. The van der Waals surface area contributed by atoms with Gasteiger partial charge in [-0.05, 0) is 24.3 Å². The summed E-state index contributed by atoms with van der Waals surface area (Å²) in [5.41, 5.74) is 0.499. The molecule has 0 aliphatic rings. The van der Waals surface area contributed by atoms with E-state index in [1.165, 1.54) is 33.1 Å². The third kappa shape index (κ3) is 4.12. The van der Waals surface area contributed by atoms with Gasteiger partial charge in [0.1, 0.15) is 0 Å². The maximum atomic E-state index is 12.4. The maximum Gasteiger partial charge on any atom is 0.203 e. The fraction of sp³-hybridized carbons (Fsp3) is 0.235. The van der Waals surface area contributed by atoms with Crippen molar-refractivity contribution in [2.24, 2.45) is 0 Å². The number of ether oxygens (including phenoxy) is 3. The standard InChI is InChI=1S/C17H17ClO4S/c1-20-14-8-11(9-15(21-2)17(14)22-3)13(19)10-23-16-7-5-4-6-12(16)18/h4-9H,10H2,1-3H3. The van der Waals surface area contributed by atoms with Crippen LogP contribution in [0.15, 0.2) is 41.3 Å². The lowest BCUT2D eigenvalue weighted by molar-refractivity contribution is 0.102. The Labute approximate surface area is 144 Å². The Hall–Kier alpha value is -1.85. The first-order valence-corrected chi connectivity index (χ1v) is 8.17. The molecular weight excluding hydrogens is 336 g/mol. The number of methoxy groups -OCH3 is 3. The summed E-state index contributed by atoms with van der Waals surface area (Å²) in [6.45, 7) is 0. The first-order valence-electron chi connectivity index (χ1n) is 6.81. The van der Waals surface area contributed by atoms with Crippen LogP contribution >= 0.6 is 23.4 Å². The highest BCUT2D eigenvalue weighted by Gasteiger charge is 2.17. The zero-order valence-corrected chi connectivity index (χ0v) is 14.7. The Bertz CT molecular complexity index is 678. The van der Waals surface area contributed by atoms with E-state index in [2.05, 4.69) is 0 Å². The van der Waals surface area contributed by atoms with Gasteiger partial charge in [-0.1, -0.05) is 23.7 Å². The second-order valence-corrected chi connectivity index (χ2v) is 5.98. The number of carbonyl (C=O) groups excluding carboxylic acids is 1. The van der Waals surface area contributed by atoms with Gasteiger partial charge >= 0.3 is 0 Å². The van der Waals surface area contributed by atoms with Crippen LogP contribution in [0.5, 0.6) is 17.2 Å². The molecule has 2 rings (SSSR count). The first kappa shape index (κ1) is 17.5. The average Bonchev–Trinajstić information content (AvgIpc) is 2.59. The highest BCUT2D eigenvalue weighted by Crippen LogP contribution is 2.38. The Kier molecular flexibility index (Phi) is 6.19. The van der Waals surface area contributed by atoms with E-state index in [-0.39, 0.29) is 11.5 Å². The summed E-state index contributed by atoms with van der Waals surface area (Å²) in [6, 6.07) is 10.7. The number of halogens is 1. The molecule has 0 saturated heterocycles. The lowest BCUT2D eigenvalue weighted by Crippen LogP contribution is -2.05. The van der Waals surface area contributed by atoms with Crippen LogP contribution < -0.4 is 14.2 Å². The quantitative estimate of drug-likeness (QED) is 0.548. The molecule has 2 aromatic rings. The van der Waals surface area contributed by atoms with Gasteiger partial charge in [-0.25, -0.2) is 0 Å². The smallest absolute Gasteiger partial charge is 0.203 e. The van der Waals surface area contributed by atoms with Crippen molar-refractivity contribution in [1.82, 2.24) is 0 Å². The molecule has 0 radical (unpaired) electrons. The Morgan fingerprint density at radius 3 is 2.17 bits per heavy atom. The molecule has 0 spiro atoms. The van der Waals surface area contributed by atoms with Gasteiger partial charge in [0.25, 0.3) is 0 Å². The number of Topliss-reactive ketones (excluding diaryl/α,β-unsaturated/α-hetero) is 1. The van der Waals surface area contributed by atoms with Crippen LogP contribution in [0.1, 0.15) is 10.4 Å². The summed E-state index contributed by atoms with van der Waals surface area (Å²) < 4.78 is 15.8. The molecule has 23 heavy (non-hydrogen) atoms.